The van der Waals surface area contributed by atoms with Crippen molar-refractivity contribution in [2.45, 2.75) is 26.8 Å². The topological polar surface area (TPSA) is 49.9 Å². The van der Waals surface area contributed by atoms with Crippen LogP contribution in [0, 0.1) is 6.92 Å². The summed E-state index contributed by atoms with van der Waals surface area (Å²) < 4.78 is 4.95. The fraction of sp³-hybridized carbons (Fsp3) is 0.500. The molecule has 1 amide bonds. The largest absolute Gasteiger partial charge is 0.465 e. The Hall–Kier alpha value is -1.59. The molecule has 1 atom stereocenters. The van der Waals surface area contributed by atoms with E-state index in [1.807, 2.05) is 36.9 Å². The lowest BCUT2D eigenvalue weighted by molar-refractivity contribution is -0.145. The summed E-state index contributed by atoms with van der Waals surface area (Å²) in [5, 5.41) is 0.645. The molecule has 1 aliphatic heterocycles. The van der Waals surface area contributed by atoms with E-state index in [1.54, 1.807) is 11.8 Å². The van der Waals surface area contributed by atoms with Crippen molar-refractivity contribution in [1.29, 1.82) is 0 Å². The van der Waals surface area contributed by atoms with E-state index in [2.05, 4.69) is 0 Å². The van der Waals surface area contributed by atoms with Crippen LogP contribution in [0.1, 0.15) is 19.4 Å². The molecule has 0 unspecified atom stereocenters. The Kier molecular flexibility index (Phi) is 5.42. The predicted molar refractivity (Wildman–Crippen MR) is 86.2 cm³/mol. The highest BCUT2D eigenvalue weighted by Crippen LogP contribution is 2.25. The van der Waals surface area contributed by atoms with Crippen LogP contribution in [0.25, 0.3) is 0 Å². The molecule has 22 heavy (non-hydrogen) atoms. The fourth-order valence-corrected chi connectivity index (χ4v) is 2.68. The summed E-state index contributed by atoms with van der Waals surface area (Å²) in [5.41, 5.74) is 1.77. The number of rotatable bonds is 4. The van der Waals surface area contributed by atoms with Crippen LogP contribution >= 0.6 is 11.6 Å². The average Bonchev–Trinajstić information content (AvgIpc) is 2.47. The second kappa shape index (κ2) is 7.11. The number of piperazine rings is 1. The smallest absolute Gasteiger partial charge is 0.320 e. The molecule has 0 aromatic heterocycles. The van der Waals surface area contributed by atoms with Gasteiger partial charge in [-0.1, -0.05) is 17.7 Å². The first-order valence-corrected chi connectivity index (χ1v) is 7.79. The number of anilines is 1. The number of aryl methyl sites for hydroxylation is 1. The minimum atomic E-state index is -0.363. The van der Waals surface area contributed by atoms with Crippen molar-refractivity contribution in [1.82, 2.24) is 4.90 Å². The highest BCUT2D eigenvalue weighted by Gasteiger charge is 2.33. The molecule has 1 fully saturated rings. The van der Waals surface area contributed by atoms with Crippen LogP contribution in [-0.4, -0.2) is 49.1 Å². The van der Waals surface area contributed by atoms with Gasteiger partial charge in [-0.25, -0.2) is 0 Å². The summed E-state index contributed by atoms with van der Waals surface area (Å²) in [5.74, 6) is -0.329. The zero-order chi connectivity index (χ0) is 16.3. The molecule has 6 heteroatoms. The van der Waals surface area contributed by atoms with Gasteiger partial charge >= 0.3 is 5.97 Å². The van der Waals surface area contributed by atoms with Crippen molar-refractivity contribution in [3.05, 3.63) is 28.8 Å². The number of halogens is 1. The monoisotopic (exact) mass is 324 g/mol. The maximum atomic E-state index is 12.6. The van der Waals surface area contributed by atoms with E-state index in [1.165, 1.54) is 0 Å². The molecule has 1 heterocycles. The van der Waals surface area contributed by atoms with Crippen LogP contribution in [0.15, 0.2) is 18.2 Å². The summed E-state index contributed by atoms with van der Waals surface area (Å²) in [4.78, 5) is 27.7. The Morgan fingerprint density at radius 3 is 2.77 bits per heavy atom. The van der Waals surface area contributed by atoms with Crippen molar-refractivity contribution >= 4 is 29.2 Å². The van der Waals surface area contributed by atoms with Gasteiger partial charge in [0, 0.05) is 23.8 Å². The number of nitrogens with zero attached hydrogens (tertiary/aromatic N) is 2. The zero-order valence-electron chi connectivity index (χ0n) is 13.1. The standard InChI is InChI=1S/C16H21ClN2O3/c1-4-22-15(20)10-18-7-8-19(16(21)12(18)3)13-6-5-11(2)14(17)9-13/h5-6,9,12H,4,7-8,10H2,1-3H3/t12-/m1/s1. The van der Waals surface area contributed by atoms with E-state index in [0.29, 0.717) is 24.7 Å². The molecular formula is C16H21ClN2O3. The van der Waals surface area contributed by atoms with E-state index in [4.69, 9.17) is 16.3 Å². The summed E-state index contributed by atoms with van der Waals surface area (Å²) >= 11 is 6.14. The SMILES string of the molecule is CCOC(=O)CN1CCN(c2ccc(C)c(Cl)c2)C(=O)[C@H]1C. The summed E-state index contributed by atoms with van der Waals surface area (Å²) in [6.07, 6.45) is 0. The number of esters is 1. The van der Waals surface area contributed by atoms with Gasteiger partial charge in [0.25, 0.3) is 0 Å². The van der Waals surface area contributed by atoms with Gasteiger partial charge in [-0.3, -0.25) is 14.5 Å². The molecule has 0 radical (unpaired) electrons. The van der Waals surface area contributed by atoms with Crippen LogP contribution in [0.2, 0.25) is 5.02 Å². The third-order valence-electron chi connectivity index (χ3n) is 3.89. The average molecular weight is 325 g/mol. The first-order valence-electron chi connectivity index (χ1n) is 7.41. The molecule has 1 saturated heterocycles. The summed E-state index contributed by atoms with van der Waals surface area (Å²) in [6, 6.07) is 5.24. The first-order chi connectivity index (χ1) is 10.4. The second-order valence-electron chi connectivity index (χ2n) is 5.37. The van der Waals surface area contributed by atoms with Gasteiger partial charge < -0.3 is 9.64 Å². The third kappa shape index (κ3) is 3.59. The number of amides is 1. The number of ether oxygens (including phenoxy) is 1. The predicted octanol–water partition coefficient (Wildman–Crippen LogP) is 2.25. The fourth-order valence-electron chi connectivity index (χ4n) is 2.51. The van der Waals surface area contributed by atoms with Crippen LogP contribution in [0.4, 0.5) is 5.69 Å². The highest BCUT2D eigenvalue weighted by atomic mass is 35.5. The van der Waals surface area contributed by atoms with Gasteiger partial charge in [0.1, 0.15) is 0 Å². The van der Waals surface area contributed by atoms with Gasteiger partial charge in [0.05, 0.1) is 19.2 Å². The number of hydrogen-bond acceptors (Lipinski definition) is 4. The lowest BCUT2D eigenvalue weighted by atomic mass is 10.1. The molecule has 1 aromatic carbocycles. The van der Waals surface area contributed by atoms with Crippen molar-refractivity contribution in [3.8, 4) is 0 Å². The second-order valence-corrected chi connectivity index (χ2v) is 5.78. The quantitative estimate of drug-likeness (QED) is 0.797. The van der Waals surface area contributed by atoms with E-state index in [-0.39, 0.29) is 24.5 Å². The lowest BCUT2D eigenvalue weighted by Gasteiger charge is -2.38. The van der Waals surface area contributed by atoms with E-state index in [9.17, 15) is 9.59 Å². The van der Waals surface area contributed by atoms with Crippen molar-refractivity contribution < 1.29 is 14.3 Å². The molecule has 120 valence electrons. The Bertz CT molecular complexity index is 577. The number of hydrogen-bond donors (Lipinski definition) is 0. The zero-order valence-corrected chi connectivity index (χ0v) is 13.9. The lowest BCUT2D eigenvalue weighted by Crippen LogP contribution is -2.57. The third-order valence-corrected chi connectivity index (χ3v) is 4.29. The van der Waals surface area contributed by atoms with Gasteiger partial charge in [0.2, 0.25) is 5.91 Å². The molecule has 2 rings (SSSR count). The molecule has 1 aromatic rings. The van der Waals surface area contributed by atoms with E-state index < -0.39 is 0 Å². The van der Waals surface area contributed by atoms with Gasteiger partial charge in [-0.05, 0) is 38.5 Å². The van der Waals surface area contributed by atoms with E-state index >= 15 is 0 Å². The highest BCUT2D eigenvalue weighted by molar-refractivity contribution is 6.31. The number of benzene rings is 1. The van der Waals surface area contributed by atoms with Crippen molar-refractivity contribution in [2.75, 3.05) is 31.1 Å². The first kappa shape index (κ1) is 16.8. The van der Waals surface area contributed by atoms with E-state index in [0.717, 1.165) is 11.3 Å². The van der Waals surface area contributed by atoms with Crippen molar-refractivity contribution in [2.24, 2.45) is 0 Å². The summed E-state index contributed by atoms with van der Waals surface area (Å²) in [7, 11) is 0. The Labute approximate surface area is 135 Å². The molecular weight excluding hydrogens is 304 g/mol. The normalized spacial score (nSPS) is 19.4. The Morgan fingerprint density at radius 1 is 1.41 bits per heavy atom. The minimum Gasteiger partial charge on any atom is -0.465 e. The van der Waals surface area contributed by atoms with Crippen LogP contribution < -0.4 is 4.90 Å². The Balaban J connectivity index is 2.08. The molecule has 1 aliphatic rings. The number of carbonyl (C=O) groups is 2. The van der Waals surface area contributed by atoms with Gasteiger partial charge in [-0.2, -0.15) is 0 Å². The maximum absolute atomic E-state index is 12.6. The van der Waals surface area contributed by atoms with Gasteiger partial charge in [-0.15, -0.1) is 0 Å². The molecule has 0 aliphatic carbocycles. The summed E-state index contributed by atoms with van der Waals surface area (Å²) in [6.45, 7) is 7.15. The maximum Gasteiger partial charge on any atom is 0.320 e. The number of carbonyl (C=O) groups excluding carboxylic acids is 2. The molecule has 0 saturated carbocycles. The van der Waals surface area contributed by atoms with Crippen LogP contribution in [0.3, 0.4) is 0 Å². The van der Waals surface area contributed by atoms with Crippen LogP contribution in [0.5, 0.6) is 0 Å². The molecule has 0 N–H and O–H groups in total. The van der Waals surface area contributed by atoms with Crippen LogP contribution in [-0.2, 0) is 14.3 Å². The van der Waals surface area contributed by atoms with Crippen molar-refractivity contribution in [3.63, 3.8) is 0 Å². The molecule has 0 spiro atoms. The minimum absolute atomic E-state index is 0.0320. The molecule has 5 nitrogen and oxygen atoms in total. The Morgan fingerprint density at radius 2 is 2.14 bits per heavy atom. The molecule has 0 bridgehead atoms. The van der Waals surface area contributed by atoms with Gasteiger partial charge in [0.15, 0.2) is 0 Å².